The molecule has 3 aliphatic heterocycles. The van der Waals surface area contributed by atoms with Crippen LogP contribution < -0.4 is 4.90 Å². The lowest BCUT2D eigenvalue weighted by atomic mass is 9.82. The predicted octanol–water partition coefficient (Wildman–Crippen LogP) is 4.41. The van der Waals surface area contributed by atoms with Gasteiger partial charge in [0, 0.05) is 45.0 Å². The molecular weight excluding hydrogens is 507 g/mol. The van der Waals surface area contributed by atoms with Crippen LogP contribution in [0.4, 0.5) is 18.9 Å². The number of likely N-dealkylation sites (tertiary alicyclic amines) is 1. The van der Waals surface area contributed by atoms with Crippen LogP contribution in [-0.2, 0) is 33.3 Å². The molecule has 6 nitrogen and oxygen atoms in total. The fourth-order valence-electron chi connectivity index (χ4n) is 6.31. The quantitative estimate of drug-likeness (QED) is 0.506. The number of amides is 1. The van der Waals surface area contributed by atoms with E-state index in [9.17, 15) is 22.8 Å². The number of halogens is 3. The third-order valence-electron chi connectivity index (χ3n) is 8.43. The Labute approximate surface area is 227 Å². The minimum Gasteiger partial charge on any atom is -0.466 e. The smallest absolute Gasteiger partial charge is 0.416 e. The summed E-state index contributed by atoms with van der Waals surface area (Å²) in [4.78, 5) is 32.5. The number of carbonyl (C=O) groups excluding carboxylic acids is 2. The number of alkyl halides is 3. The van der Waals surface area contributed by atoms with Crippen LogP contribution in [0.15, 0.2) is 48.5 Å². The van der Waals surface area contributed by atoms with E-state index >= 15 is 0 Å². The van der Waals surface area contributed by atoms with Gasteiger partial charge in [-0.25, -0.2) is 0 Å². The molecule has 0 radical (unpaired) electrons. The van der Waals surface area contributed by atoms with Crippen molar-refractivity contribution in [3.63, 3.8) is 0 Å². The summed E-state index contributed by atoms with van der Waals surface area (Å²) < 4.78 is 45.8. The van der Waals surface area contributed by atoms with Gasteiger partial charge in [0.1, 0.15) is 0 Å². The second kappa shape index (κ2) is 11.6. The lowest BCUT2D eigenvalue weighted by Gasteiger charge is -2.50. The molecule has 2 saturated heterocycles. The number of esters is 1. The molecular formula is C30H36F3N3O3. The van der Waals surface area contributed by atoms with Gasteiger partial charge in [-0.1, -0.05) is 30.3 Å². The number of nitrogens with zero attached hydrogens (tertiary/aromatic N) is 3. The summed E-state index contributed by atoms with van der Waals surface area (Å²) in [5, 5.41) is 0. The molecule has 0 aromatic heterocycles. The summed E-state index contributed by atoms with van der Waals surface area (Å²) in [6.07, 6.45) is -2.16. The number of ether oxygens (including phenoxy) is 1. The van der Waals surface area contributed by atoms with Gasteiger partial charge in [0.05, 0.1) is 30.0 Å². The van der Waals surface area contributed by atoms with Crippen LogP contribution in [0.1, 0.15) is 36.5 Å². The van der Waals surface area contributed by atoms with Crippen LogP contribution in [-0.4, -0.2) is 73.6 Å². The Hall–Kier alpha value is -3.07. The van der Waals surface area contributed by atoms with Crippen LogP contribution >= 0.6 is 0 Å². The van der Waals surface area contributed by atoms with Crippen molar-refractivity contribution in [3.05, 3.63) is 65.2 Å². The summed E-state index contributed by atoms with van der Waals surface area (Å²) in [5.74, 6) is -0.904. The largest absolute Gasteiger partial charge is 0.466 e. The summed E-state index contributed by atoms with van der Waals surface area (Å²) in [6.45, 7) is 6.01. The van der Waals surface area contributed by atoms with Gasteiger partial charge < -0.3 is 14.5 Å². The Morgan fingerprint density at radius 2 is 1.74 bits per heavy atom. The maximum absolute atomic E-state index is 13.9. The highest BCUT2D eigenvalue weighted by Gasteiger charge is 2.44. The number of benzene rings is 2. The van der Waals surface area contributed by atoms with Gasteiger partial charge >= 0.3 is 12.1 Å². The number of rotatable bonds is 6. The molecule has 0 bridgehead atoms. The molecule has 0 aliphatic carbocycles. The molecule has 2 aromatic rings. The van der Waals surface area contributed by atoms with Crippen molar-refractivity contribution in [3.8, 4) is 0 Å². The number of fused-ring (bicyclic) bond motifs is 3. The molecule has 0 saturated carbocycles. The van der Waals surface area contributed by atoms with Gasteiger partial charge in [-0.3, -0.25) is 14.5 Å². The van der Waals surface area contributed by atoms with E-state index < -0.39 is 17.7 Å². The first kappa shape index (κ1) is 27.5. The fourth-order valence-corrected chi connectivity index (χ4v) is 6.31. The average Bonchev–Trinajstić information content (AvgIpc) is 2.95. The number of hydrogen-bond donors (Lipinski definition) is 0. The van der Waals surface area contributed by atoms with E-state index in [-0.39, 0.29) is 30.3 Å². The Bertz CT molecular complexity index is 1170. The van der Waals surface area contributed by atoms with Gasteiger partial charge in [-0.2, -0.15) is 13.2 Å². The number of hydrogen-bond acceptors (Lipinski definition) is 5. The van der Waals surface area contributed by atoms with Crippen LogP contribution in [0.25, 0.3) is 0 Å². The van der Waals surface area contributed by atoms with E-state index in [4.69, 9.17) is 4.74 Å². The highest BCUT2D eigenvalue weighted by atomic mass is 19.4. The zero-order valence-electron chi connectivity index (χ0n) is 22.3. The minimum atomic E-state index is -4.43. The lowest BCUT2D eigenvalue weighted by Crippen LogP contribution is -2.62. The topological polar surface area (TPSA) is 53.1 Å². The van der Waals surface area contributed by atoms with E-state index in [1.165, 1.54) is 11.6 Å². The van der Waals surface area contributed by atoms with Gasteiger partial charge in [-0.15, -0.1) is 0 Å². The Kier molecular flexibility index (Phi) is 8.16. The maximum atomic E-state index is 13.9. The minimum absolute atomic E-state index is 0.0275. The molecule has 210 valence electrons. The van der Waals surface area contributed by atoms with Gasteiger partial charge in [0.2, 0.25) is 5.91 Å². The maximum Gasteiger partial charge on any atom is 0.416 e. The van der Waals surface area contributed by atoms with Gasteiger partial charge in [0.25, 0.3) is 0 Å². The van der Waals surface area contributed by atoms with Crippen molar-refractivity contribution >= 4 is 17.6 Å². The van der Waals surface area contributed by atoms with E-state index in [1.807, 2.05) is 18.2 Å². The number of carbonyl (C=O) groups is 2. The molecule has 39 heavy (non-hydrogen) atoms. The van der Waals surface area contributed by atoms with Crippen molar-refractivity contribution in [1.29, 1.82) is 0 Å². The number of piperidine rings is 1. The molecule has 3 aliphatic rings. The highest BCUT2D eigenvalue weighted by Crippen LogP contribution is 2.40. The molecule has 2 aromatic carbocycles. The van der Waals surface area contributed by atoms with Crippen molar-refractivity contribution in [2.75, 3.05) is 50.8 Å². The standard InChI is InChI=1S/C30H36F3N3O3/c1-2-39-29(38)22-11-14-35(15-12-22)28(37)25-19-23-18-24(30(31,32)33)8-9-26(23)36-17-16-34(20-27(25)36)13-10-21-6-4-3-5-7-21/h3-9,18,22,25,27H,2,10-17,19-20H2,1H3. The SMILES string of the molecule is CCOC(=O)C1CCN(C(=O)C2Cc3cc(C(F)(F)F)ccc3N3CCN(CCc4ccccc4)CC23)CC1. The molecule has 2 atom stereocenters. The van der Waals surface area contributed by atoms with E-state index in [0.29, 0.717) is 51.2 Å². The molecule has 9 heteroatoms. The first-order chi connectivity index (χ1) is 18.7. The number of piperazine rings is 1. The molecule has 2 fully saturated rings. The fraction of sp³-hybridized carbons (Fsp3) is 0.533. The van der Waals surface area contributed by atoms with Crippen molar-refractivity contribution < 1.29 is 27.5 Å². The molecule has 0 N–H and O–H groups in total. The van der Waals surface area contributed by atoms with Gasteiger partial charge in [-0.05, 0) is 61.9 Å². The summed E-state index contributed by atoms with van der Waals surface area (Å²) in [7, 11) is 0. The lowest BCUT2D eigenvalue weighted by molar-refractivity contribution is -0.152. The second-order valence-corrected chi connectivity index (χ2v) is 10.8. The van der Waals surface area contributed by atoms with Crippen molar-refractivity contribution in [2.45, 2.75) is 44.8 Å². The molecule has 3 heterocycles. The third kappa shape index (κ3) is 6.08. The Morgan fingerprint density at radius 1 is 1.00 bits per heavy atom. The van der Waals surface area contributed by atoms with E-state index in [2.05, 4.69) is 21.9 Å². The summed E-state index contributed by atoms with van der Waals surface area (Å²) >= 11 is 0. The zero-order valence-corrected chi connectivity index (χ0v) is 22.3. The van der Waals surface area contributed by atoms with E-state index in [1.54, 1.807) is 17.9 Å². The number of anilines is 1. The zero-order chi connectivity index (χ0) is 27.6. The predicted molar refractivity (Wildman–Crippen MR) is 142 cm³/mol. The second-order valence-electron chi connectivity index (χ2n) is 10.8. The van der Waals surface area contributed by atoms with Crippen molar-refractivity contribution in [1.82, 2.24) is 9.80 Å². The summed E-state index contributed by atoms with van der Waals surface area (Å²) in [5.41, 5.74) is 1.97. The Balaban J connectivity index is 1.35. The molecule has 2 unspecified atom stereocenters. The van der Waals surface area contributed by atoms with Crippen LogP contribution in [0.3, 0.4) is 0 Å². The first-order valence-corrected chi connectivity index (χ1v) is 13.9. The first-order valence-electron chi connectivity index (χ1n) is 13.9. The van der Waals surface area contributed by atoms with Crippen LogP contribution in [0.5, 0.6) is 0 Å². The molecule has 5 rings (SSSR count). The summed E-state index contributed by atoms with van der Waals surface area (Å²) in [6, 6.07) is 14.1. The highest BCUT2D eigenvalue weighted by molar-refractivity contribution is 5.83. The normalized spacial score (nSPS) is 22.3. The average molecular weight is 544 g/mol. The van der Waals surface area contributed by atoms with Crippen molar-refractivity contribution in [2.24, 2.45) is 11.8 Å². The Morgan fingerprint density at radius 3 is 2.44 bits per heavy atom. The molecule has 1 amide bonds. The third-order valence-corrected chi connectivity index (χ3v) is 8.43. The van der Waals surface area contributed by atoms with Crippen LogP contribution in [0, 0.1) is 11.8 Å². The van der Waals surface area contributed by atoms with Gasteiger partial charge in [0.15, 0.2) is 0 Å². The van der Waals surface area contributed by atoms with E-state index in [0.717, 1.165) is 31.3 Å². The molecule has 0 spiro atoms. The van der Waals surface area contributed by atoms with Crippen LogP contribution in [0.2, 0.25) is 0 Å². The monoisotopic (exact) mass is 543 g/mol.